The van der Waals surface area contributed by atoms with Gasteiger partial charge in [-0.1, -0.05) is 6.92 Å². The van der Waals surface area contributed by atoms with Crippen LogP contribution in [0.4, 0.5) is 0 Å². The highest BCUT2D eigenvalue weighted by molar-refractivity contribution is 6.66. The SMILES string of the molecule is CCO[Si](C)(CCC(C)CN)OCC. The Hall–Kier alpha value is 0.0969. The molecule has 0 saturated heterocycles. The van der Waals surface area contributed by atoms with Gasteiger partial charge in [0, 0.05) is 13.2 Å². The largest absolute Gasteiger partial charge is 0.395 e. The number of hydrogen-bond acceptors (Lipinski definition) is 3. The van der Waals surface area contributed by atoms with Crippen LogP contribution in [0.1, 0.15) is 27.2 Å². The molecule has 86 valence electrons. The van der Waals surface area contributed by atoms with Crippen LogP contribution in [0.25, 0.3) is 0 Å². The van der Waals surface area contributed by atoms with Crippen molar-refractivity contribution in [2.75, 3.05) is 19.8 Å². The van der Waals surface area contributed by atoms with Gasteiger partial charge in [-0.2, -0.15) is 0 Å². The van der Waals surface area contributed by atoms with Crippen LogP contribution in [-0.2, 0) is 8.85 Å². The summed E-state index contributed by atoms with van der Waals surface area (Å²) in [6.45, 7) is 10.6. The van der Waals surface area contributed by atoms with Crippen molar-refractivity contribution in [3.8, 4) is 0 Å². The first-order valence-corrected chi connectivity index (χ1v) is 8.08. The third-order valence-corrected chi connectivity index (χ3v) is 5.39. The van der Waals surface area contributed by atoms with E-state index in [1.165, 1.54) is 0 Å². The van der Waals surface area contributed by atoms with Crippen LogP contribution in [0.15, 0.2) is 0 Å². The molecule has 0 heterocycles. The average Bonchev–Trinajstić information content (AvgIpc) is 2.15. The van der Waals surface area contributed by atoms with E-state index in [0.717, 1.165) is 32.2 Å². The summed E-state index contributed by atoms with van der Waals surface area (Å²) in [4.78, 5) is 0. The monoisotopic (exact) mass is 219 g/mol. The summed E-state index contributed by atoms with van der Waals surface area (Å²) in [6.07, 6.45) is 1.11. The minimum atomic E-state index is -1.88. The van der Waals surface area contributed by atoms with Gasteiger partial charge in [0.05, 0.1) is 0 Å². The van der Waals surface area contributed by atoms with Crippen LogP contribution in [0.2, 0.25) is 12.6 Å². The lowest BCUT2D eigenvalue weighted by Crippen LogP contribution is -2.39. The molecule has 0 aliphatic carbocycles. The van der Waals surface area contributed by atoms with E-state index in [-0.39, 0.29) is 0 Å². The molecule has 4 heteroatoms. The summed E-state index contributed by atoms with van der Waals surface area (Å²) in [5.41, 5.74) is 5.58. The first kappa shape index (κ1) is 14.1. The third kappa shape index (κ3) is 5.75. The fraction of sp³-hybridized carbons (Fsp3) is 1.00. The summed E-state index contributed by atoms with van der Waals surface area (Å²) in [5, 5.41) is 0. The van der Waals surface area contributed by atoms with Crippen molar-refractivity contribution >= 4 is 8.56 Å². The Kier molecular flexibility index (Phi) is 7.45. The molecule has 0 fully saturated rings. The second kappa shape index (κ2) is 7.40. The standard InChI is InChI=1S/C10H25NO2Si/c1-5-12-14(4,13-6-2)8-7-10(3)9-11/h10H,5-9,11H2,1-4H3. The zero-order valence-corrected chi connectivity index (χ0v) is 11.0. The fourth-order valence-electron chi connectivity index (χ4n) is 1.42. The van der Waals surface area contributed by atoms with Crippen LogP contribution in [-0.4, -0.2) is 28.3 Å². The molecule has 0 aromatic heterocycles. The van der Waals surface area contributed by atoms with Crippen molar-refractivity contribution in [3.63, 3.8) is 0 Å². The van der Waals surface area contributed by atoms with Gasteiger partial charge < -0.3 is 14.6 Å². The van der Waals surface area contributed by atoms with Crippen LogP contribution in [0, 0.1) is 5.92 Å². The number of hydrogen-bond donors (Lipinski definition) is 1. The minimum Gasteiger partial charge on any atom is -0.395 e. The van der Waals surface area contributed by atoms with E-state index in [2.05, 4.69) is 13.5 Å². The van der Waals surface area contributed by atoms with E-state index in [4.69, 9.17) is 14.6 Å². The van der Waals surface area contributed by atoms with Crippen molar-refractivity contribution in [1.82, 2.24) is 0 Å². The fourth-order valence-corrected chi connectivity index (χ4v) is 4.03. The van der Waals surface area contributed by atoms with E-state index in [1.807, 2.05) is 13.8 Å². The van der Waals surface area contributed by atoms with E-state index in [0.29, 0.717) is 5.92 Å². The molecule has 0 aliphatic rings. The maximum Gasteiger partial charge on any atom is 0.334 e. The predicted molar refractivity (Wildman–Crippen MR) is 62.5 cm³/mol. The van der Waals surface area contributed by atoms with E-state index < -0.39 is 8.56 Å². The quantitative estimate of drug-likeness (QED) is 0.636. The zero-order chi connectivity index (χ0) is 11.0. The first-order chi connectivity index (χ1) is 6.58. The van der Waals surface area contributed by atoms with E-state index in [1.54, 1.807) is 0 Å². The van der Waals surface area contributed by atoms with Crippen LogP contribution in [0.5, 0.6) is 0 Å². The van der Waals surface area contributed by atoms with Crippen molar-refractivity contribution in [2.24, 2.45) is 11.7 Å². The Morgan fingerprint density at radius 3 is 2.07 bits per heavy atom. The number of rotatable bonds is 8. The van der Waals surface area contributed by atoms with Crippen molar-refractivity contribution < 1.29 is 8.85 Å². The van der Waals surface area contributed by atoms with Crippen molar-refractivity contribution in [2.45, 2.75) is 39.8 Å². The highest BCUT2D eigenvalue weighted by Crippen LogP contribution is 2.18. The molecule has 1 unspecified atom stereocenters. The smallest absolute Gasteiger partial charge is 0.334 e. The summed E-state index contributed by atoms with van der Waals surface area (Å²) in [7, 11) is -1.88. The highest BCUT2D eigenvalue weighted by atomic mass is 28.4. The minimum absolute atomic E-state index is 0.572. The van der Waals surface area contributed by atoms with Gasteiger partial charge in [-0.25, -0.2) is 0 Å². The van der Waals surface area contributed by atoms with Gasteiger partial charge in [-0.05, 0) is 45.3 Å². The van der Waals surface area contributed by atoms with Gasteiger partial charge in [0.2, 0.25) is 0 Å². The molecular weight excluding hydrogens is 194 g/mol. The van der Waals surface area contributed by atoms with Gasteiger partial charge >= 0.3 is 8.56 Å². The molecule has 1 atom stereocenters. The molecule has 14 heavy (non-hydrogen) atoms. The second-order valence-corrected chi connectivity index (χ2v) is 7.22. The molecule has 0 amide bonds. The van der Waals surface area contributed by atoms with Gasteiger partial charge in [0.1, 0.15) is 0 Å². The topological polar surface area (TPSA) is 44.5 Å². The Labute approximate surface area is 89.2 Å². The maximum atomic E-state index is 5.74. The summed E-state index contributed by atoms with van der Waals surface area (Å²) in [5.74, 6) is 0.572. The van der Waals surface area contributed by atoms with E-state index >= 15 is 0 Å². The maximum absolute atomic E-state index is 5.74. The normalized spacial score (nSPS) is 14.4. The van der Waals surface area contributed by atoms with Crippen LogP contribution < -0.4 is 5.73 Å². The van der Waals surface area contributed by atoms with Crippen LogP contribution >= 0.6 is 0 Å². The van der Waals surface area contributed by atoms with Crippen molar-refractivity contribution in [1.29, 1.82) is 0 Å². The Morgan fingerprint density at radius 2 is 1.71 bits per heavy atom. The van der Waals surface area contributed by atoms with Crippen LogP contribution in [0.3, 0.4) is 0 Å². The Balaban J connectivity index is 3.94. The summed E-state index contributed by atoms with van der Waals surface area (Å²) < 4.78 is 11.5. The molecule has 0 saturated carbocycles. The Morgan fingerprint density at radius 1 is 1.21 bits per heavy atom. The van der Waals surface area contributed by atoms with Gasteiger partial charge in [0.25, 0.3) is 0 Å². The predicted octanol–water partition coefficient (Wildman–Crippen LogP) is 2.12. The van der Waals surface area contributed by atoms with Crippen molar-refractivity contribution in [3.05, 3.63) is 0 Å². The lowest BCUT2D eigenvalue weighted by Gasteiger charge is -2.26. The molecule has 0 spiro atoms. The average molecular weight is 219 g/mol. The first-order valence-electron chi connectivity index (χ1n) is 5.56. The zero-order valence-electron chi connectivity index (χ0n) is 10.0. The second-order valence-electron chi connectivity index (χ2n) is 3.88. The lowest BCUT2D eigenvalue weighted by atomic mass is 10.1. The molecule has 0 aromatic rings. The van der Waals surface area contributed by atoms with Gasteiger partial charge in [-0.15, -0.1) is 0 Å². The Bertz CT molecular complexity index is 138. The summed E-state index contributed by atoms with van der Waals surface area (Å²) >= 11 is 0. The molecule has 0 aromatic carbocycles. The molecule has 2 N–H and O–H groups in total. The van der Waals surface area contributed by atoms with E-state index in [9.17, 15) is 0 Å². The summed E-state index contributed by atoms with van der Waals surface area (Å²) in [6, 6.07) is 1.05. The van der Waals surface area contributed by atoms with Gasteiger partial charge in [-0.3, -0.25) is 0 Å². The third-order valence-electron chi connectivity index (χ3n) is 2.39. The molecule has 0 radical (unpaired) electrons. The highest BCUT2D eigenvalue weighted by Gasteiger charge is 2.30. The molecule has 3 nitrogen and oxygen atoms in total. The number of nitrogens with two attached hydrogens (primary N) is 1. The molecule has 0 bridgehead atoms. The lowest BCUT2D eigenvalue weighted by molar-refractivity contribution is 0.187. The van der Waals surface area contributed by atoms with Gasteiger partial charge in [0.15, 0.2) is 0 Å². The molecule has 0 rings (SSSR count). The molecule has 0 aliphatic heterocycles. The molecular formula is C10H25NO2Si.